The molecule has 0 aliphatic rings. The van der Waals surface area contributed by atoms with Crippen LogP contribution in [0.25, 0.3) is 0 Å². The number of carbonyl (C=O) groups excluding carboxylic acids is 2. The number of ether oxygens (including phenoxy) is 2. The molecule has 0 fully saturated rings. The van der Waals surface area contributed by atoms with Crippen LogP contribution in [0.15, 0.2) is 0 Å². The van der Waals surface area contributed by atoms with E-state index in [1.807, 2.05) is 0 Å². The SMILES string of the molecule is CCCCCCCCCCCCOC(=O)CCCC(=O)OCC(Cl)Cl. The third-order valence-electron chi connectivity index (χ3n) is 3.89. The Labute approximate surface area is 162 Å². The van der Waals surface area contributed by atoms with E-state index in [9.17, 15) is 9.59 Å². The lowest BCUT2D eigenvalue weighted by Gasteiger charge is -2.06. The van der Waals surface area contributed by atoms with E-state index in [1.54, 1.807) is 0 Å². The van der Waals surface area contributed by atoms with Crippen molar-refractivity contribution in [1.29, 1.82) is 0 Å². The van der Waals surface area contributed by atoms with Crippen LogP contribution < -0.4 is 0 Å². The Morgan fingerprint density at radius 1 is 0.720 bits per heavy atom. The first-order chi connectivity index (χ1) is 12.1. The van der Waals surface area contributed by atoms with Gasteiger partial charge in [-0.25, -0.2) is 0 Å². The number of hydrogen-bond donors (Lipinski definition) is 0. The minimum atomic E-state index is -0.713. The van der Waals surface area contributed by atoms with Crippen molar-refractivity contribution in [2.24, 2.45) is 0 Å². The average molecular weight is 397 g/mol. The van der Waals surface area contributed by atoms with Gasteiger partial charge >= 0.3 is 11.9 Å². The Hall–Kier alpha value is -0.480. The summed E-state index contributed by atoms with van der Waals surface area (Å²) in [5, 5.41) is 0. The van der Waals surface area contributed by atoms with Crippen LogP contribution in [0.4, 0.5) is 0 Å². The number of esters is 2. The smallest absolute Gasteiger partial charge is 0.305 e. The Kier molecular flexibility index (Phi) is 18.0. The summed E-state index contributed by atoms with van der Waals surface area (Å²) >= 11 is 10.9. The summed E-state index contributed by atoms with van der Waals surface area (Å²) in [4.78, 5) is 22.1. The third-order valence-corrected chi connectivity index (χ3v) is 4.15. The summed E-state index contributed by atoms with van der Waals surface area (Å²) in [6.07, 6.45) is 13.4. The fourth-order valence-electron chi connectivity index (χ4n) is 2.45. The maximum Gasteiger partial charge on any atom is 0.305 e. The Morgan fingerprint density at radius 2 is 1.20 bits per heavy atom. The number of carbonyl (C=O) groups is 2. The highest BCUT2D eigenvalue weighted by molar-refractivity contribution is 6.44. The van der Waals surface area contributed by atoms with Gasteiger partial charge in [0.05, 0.1) is 6.61 Å². The lowest BCUT2D eigenvalue weighted by molar-refractivity contribution is -0.145. The summed E-state index contributed by atoms with van der Waals surface area (Å²) in [6, 6.07) is 0. The second kappa shape index (κ2) is 18.3. The third kappa shape index (κ3) is 19.7. The van der Waals surface area contributed by atoms with Gasteiger partial charge < -0.3 is 9.47 Å². The molecule has 0 amide bonds. The highest BCUT2D eigenvalue weighted by Gasteiger charge is 2.09. The minimum absolute atomic E-state index is 0.0227. The molecule has 0 spiro atoms. The van der Waals surface area contributed by atoms with Gasteiger partial charge in [0.25, 0.3) is 0 Å². The molecule has 148 valence electrons. The molecule has 0 aromatic rings. The van der Waals surface area contributed by atoms with Crippen LogP contribution in [-0.4, -0.2) is 30.0 Å². The normalized spacial score (nSPS) is 10.9. The molecule has 0 aliphatic carbocycles. The number of alkyl halides is 2. The van der Waals surface area contributed by atoms with Crippen LogP contribution in [-0.2, 0) is 19.1 Å². The second-order valence-corrected chi connectivity index (χ2v) is 7.61. The first-order valence-corrected chi connectivity index (χ1v) is 10.5. The lowest BCUT2D eigenvalue weighted by Crippen LogP contribution is -2.11. The predicted octanol–water partition coefficient (Wildman–Crippen LogP) is 5.97. The fraction of sp³-hybridized carbons (Fsp3) is 0.895. The zero-order valence-electron chi connectivity index (χ0n) is 15.6. The fourth-order valence-corrected chi connectivity index (χ4v) is 2.58. The molecule has 0 aliphatic heterocycles. The first kappa shape index (κ1) is 24.5. The standard InChI is InChI=1S/C19H34Cl2O4/c1-2-3-4-5-6-7-8-9-10-11-15-24-18(22)13-12-14-19(23)25-16-17(20)21/h17H,2-16H2,1H3. The van der Waals surface area contributed by atoms with Crippen molar-refractivity contribution in [3.8, 4) is 0 Å². The van der Waals surface area contributed by atoms with Gasteiger partial charge in [0, 0.05) is 12.8 Å². The summed E-state index contributed by atoms with van der Waals surface area (Å²) in [7, 11) is 0. The lowest BCUT2D eigenvalue weighted by atomic mass is 10.1. The van der Waals surface area contributed by atoms with Gasteiger partial charge in [0.15, 0.2) is 0 Å². The van der Waals surface area contributed by atoms with Gasteiger partial charge in [-0.2, -0.15) is 0 Å². The van der Waals surface area contributed by atoms with E-state index < -0.39 is 10.8 Å². The molecule has 0 radical (unpaired) electrons. The number of unbranched alkanes of at least 4 members (excludes halogenated alkanes) is 9. The summed E-state index contributed by atoms with van der Waals surface area (Å²) in [6.45, 7) is 2.69. The molecule has 4 nitrogen and oxygen atoms in total. The molecular weight excluding hydrogens is 363 g/mol. The number of rotatable bonds is 17. The molecule has 6 heteroatoms. The monoisotopic (exact) mass is 396 g/mol. The van der Waals surface area contributed by atoms with Crippen LogP contribution >= 0.6 is 23.2 Å². The van der Waals surface area contributed by atoms with Gasteiger partial charge in [-0.3, -0.25) is 9.59 Å². The van der Waals surface area contributed by atoms with E-state index >= 15 is 0 Å². The molecule has 0 unspecified atom stereocenters. The molecule has 0 atom stereocenters. The van der Waals surface area contributed by atoms with Crippen molar-refractivity contribution in [1.82, 2.24) is 0 Å². The maximum absolute atomic E-state index is 11.5. The molecule has 0 rings (SSSR count). The quantitative estimate of drug-likeness (QED) is 0.172. The largest absolute Gasteiger partial charge is 0.466 e. The molecule has 0 heterocycles. The highest BCUT2D eigenvalue weighted by atomic mass is 35.5. The molecule has 0 N–H and O–H groups in total. The molecule has 0 saturated carbocycles. The van der Waals surface area contributed by atoms with Crippen molar-refractivity contribution in [3.63, 3.8) is 0 Å². The topological polar surface area (TPSA) is 52.6 Å². The van der Waals surface area contributed by atoms with Gasteiger partial charge in [0.2, 0.25) is 0 Å². The zero-order valence-corrected chi connectivity index (χ0v) is 17.1. The van der Waals surface area contributed by atoms with E-state index in [1.165, 1.54) is 51.4 Å². The summed E-state index contributed by atoms with van der Waals surface area (Å²) in [5.74, 6) is -0.648. The van der Waals surface area contributed by atoms with Crippen LogP contribution in [0, 0.1) is 0 Å². The highest BCUT2D eigenvalue weighted by Crippen LogP contribution is 2.11. The van der Waals surface area contributed by atoms with Crippen LogP contribution in [0.1, 0.15) is 90.4 Å². The molecule has 0 aromatic heterocycles. The average Bonchev–Trinajstić information content (AvgIpc) is 2.58. The Bertz CT molecular complexity index is 335. The van der Waals surface area contributed by atoms with Crippen LogP contribution in [0.5, 0.6) is 0 Å². The van der Waals surface area contributed by atoms with Crippen LogP contribution in [0.2, 0.25) is 0 Å². The van der Waals surface area contributed by atoms with E-state index in [0.717, 1.165) is 12.8 Å². The van der Waals surface area contributed by atoms with E-state index in [4.69, 9.17) is 32.7 Å². The van der Waals surface area contributed by atoms with Gasteiger partial charge in [-0.1, -0.05) is 64.7 Å². The van der Waals surface area contributed by atoms with E-state index in [0.29, 0.717) is 13.0 Å². The van der Waals surface area contributed by atoms with Crippen molar-refractivity contribution >= 4 is 35.1 Å². The van der Waals surface area contributed by atoms with Gasteiger partial charge in [0.1, 0.15) is 11.4 Å². The van der Waals surface area contributed by atoms with Gasteiger partial charge in [-0.15, -0.1) is 23.2 Å². The molecule has 25 heavy (non-hydrogen) atoms. The predicted molar refractivity (Wildman–Crippen MR) is 103 cm³/mol. The molecule has 0 saturated heterocycles. The van der Waals surface area contributed by atoms with E-state index in [-0.39, 0.29) is 25.4 Å². The summed E-state index contributed by atoms with van der Waals surface area (Å²) in [5.41, 5.74) is 0. The zero-order chi connectivity index (χ0) is 18.8. The maximum atomic E-state index is 11.5. The molecular formula is C19H34Cl2O4. The first-order valence-electron chi connectivity index (χ1n) is 9.65. The van der Waals surface area contributed by atoms with Crippen molar-refractivity contribution in [2.45, 2.75) is 95.2 Å². The Balaban J connectivity index is 3.29. The molecule has 0 aromatic carbocycles. The summed E-state index contributed by atoms with van der Waals surface area (Å²) < 4.78 is 9.96. The Morgan fingerprint density at radius 3 is 1.72 bits per heavy atom. The van der Waals surface area contributed by atoms with Crippen molar-refractivity contribution < 1.29 is 19.1 Å². The second-order valence-electron chi connectivity index (χ2n) is 6.33. The minimum Gasteiger partial charge on any atom is -0.466 e. The van der Waals surface area contributed by atoms with E-state index in [2.05, 4.69) is 6.92 Å². The van der Waals surface area contributed by atoms with Crippen molar-refractivity contribution in [2.75, 3.05) is 13.2 Å². The van der Waals surface area contributed by atoms with Crippen molar-refractivity contribution in [3.05, 3.63) is 0 Å². The number of hydrogen-bond acceptors (Lipinski definition) is 4. The van der Waals surface area contributed by atoms with Gasteiger partial charge in [-0.05, 0) is 12.8 Å². The molecule has 0 bridgehead atoms. The number of halogens is 2. The van der Waals surface area contributed by atoms with Crippen LogP contribution in [0.3, 0.4) is 0 Å².